The van der Waals surface area contributed by atoms with Gasteiger partial charge in [0, 0.05) is 32.8 Å². The molecule has 6 nitrogen and oxygen atoms in total. The smallest absolute Gasteiger partial charge is 0.250 e. The largest absolute Gasteiger partial charge is 0.381 e. The van der Waals surface area contributed by atoms with Gasteiger partial charge in [-0.2, -0.15) is 0 Å². The number of primary amides is 1. The number of hydrogen-bond acceptors (Lipinski definition) is 4. The molecule has 0 aliphatic heterocycles. The van der Waals surface area contributed by atoms with Crippen LogP contribution in [-0.2, 0) is 14.3 Å². The molecule has 0 saturated heterocycles. The lowest BCUT2D eigenvalue weighted by atomic mass is 10.1. The van der Waals surface area contributed by atoms with E-state index in [9.17, 15) is 9.59 Å². The first-order chi connectivity index (χ1) is 13.1. The molecular weight excluding hydrogens is 344 g/mol. The van der Waals surface area contributed by atoms with Crippen LogP contribution in [0.2, 0.25) is 0 Å². The fourth-order valence-electron chi connectivity index (χ4n) is 2.63. The van der Waals surface area contributed by atoms with Crippen LogP contribution in [0, 0.1) is 0 Å². The van der Waals surface area contributed by atoms with Gasteiger partial charge in [-0.25, -0.2) is 0 Å². The fraction of sp³-hybridized carbons (Fsp3) is 0.619. The summed E-state index contributed by atoms with van der Waals surface area (Å²) in [6, 6.07) is 6.71. The molecule has 0 unspecified atom stereocenters. The van der Waals surface area contributed by atoms with E-state index in [4.69, 9.17) is 15.2 Å². The quantitative estimate of drug-likeness (QED) is 0.427. The predicted octanol–water partition coefficient (Wildman–Crippen LogP) is 3.90. The molecule has 0 fully saturated rings. The first-order valence-corrected chi connectivity index (χ1v) is 9.99. The second-order valence-electron chi connectivity index (χ2n) is 6.55. The summed E-state index contributed by atoms with van der Waals surface area (Å²) in [6.45, 7) is 4.94. The molecular formula is C21H34N2O4. The lowest BCUT2D eigenvalue weighted by molar-refractivity contribution is -0.116. The standard InChI is InChI=1S/C21H34N2O4/c1-2-3-4-5-8-14-26-16-10-17-27-15-9-13-20(24)23-19-12-7-6-11-18(19)21(22)25/h6-7,11-12H,2-5,8-10,13-17H2,1H3,(H2,22,25)(H,23,24). The summed E-state index contributed by atoms with van der Waals surface area (Å²) >= 11 is 0. The van der Waals surface area contributed by atoms with Gasteiger partial charge in [0.25, 0.3) is 5.91 Å². The van der Waals surface area contributed by atoms with E-state index in [-0.39, 0.29) is 5.91 Å². The summed E-state index contributed by atoms with van der Waals surface area (Å²) in [4.78, 5) is 23.3. The lowest BCUT2D eigenvalue weighted by Gasteiger charge is -2.09. The normalized spacial score (nSPS) is 10.7. The van der Waals surface area contributed by atoms with Gasteiger partial charge in [-0.1, -0.05) is 44.7 Å². The van der Waals surface area contributed by atoms with Gasteiger partial charge in [-0.05, 0) is 31.4 Å². The SMILES string of the molecule is CCCCCCCOCCCOCCCC(=O)Nc1ccccc1C(N)=O. The number of hydrogen-bond donors (Lipinski definition) is 2. The molecule has 0 aliphatic carbocycles. The second kappa shape index (κ2) is 15.2. The van der Waals surface area contributed by atoms with E-state index in [0.29, 0.717) is 37.3 Å². The van der Waals surface area contributed by atoms with Crippen LogP contribution in [0.25, 0.3) is 0 Å². The second-order valence-corrected chi connectivity index (χ2v) is 6.55. The van der Waals surface area contributed by atoms with E-state index in [1.165, 1.54) is 25.7 Å². The highest BCUT2D eigenvalue weighted by Crippen LogP contribution is 2.14. The van der Waals surface area contributed by atoms with Crippen molar-refractivity contribution in [1.29, 1.82) is 0 Å². The van der Waals surface area contributed by atoms with Crippen LogP contribution in [0.4, 0.5) is 5.69 Å². The summed E-state index contributed by atoms with van der Waals surface area (Å²) in [5, 5.41) is 2.72. The highest BCUT2D eigenvalue weighted by molar-refractivity contribution is 6.02. The third kappa shape index (κ3) is 11.4. The van der Waals surface area contributed by atoms with Gasteiger partial charge in [0.2, 0.25) is 5.91 Å². The fourth-order valence-corrected chi connectivity index (χ4v) is 2.63. The molecule has 6 heteroatoms. The van der Waals surface area contributed by atoms with E-state index < -0.39 is 5.91 Å². The molecule has 1 aromatic carbocycles. The number of nitrogens with two attached hydrogens (primary N) is 1. The van der Waals surface area contributed by atoms with E-state index in [1.807, 2.05) is 0 Å². The average molecular weight is 379 g/mol. The Balaban J connectivity index is 1.98. The summed E-state index contributed by atoms with van der Waals surface area (Å²) in [7, 11) is 0. The Morgan fingerprint density at radius 1 is 0.889 bits per heavy atom. The van der Waals surface area contributed by atoms with Crippen LogP contribution in [-0.4, -0.2) is 38.2 Å². The minimum absolute atomic E-state index is 0.154. The van der Waals surface area contributed by atoms with E-state index in [1.54, 1.807) is 24.3 Å². The molecule has 1 rings (SSSR count). The first kappa shape index (κ1) is 23.1. The molecule has 0 radical (unpaired) electrons. The topological polar surface area (TPSA) is 90.7 Å². The molecule has 0 heterocycles. The van der Waals surface area contributed by atoms with Gasteiger partial charge in [0.15, 0.2) is 0 Å². The van der Waals surface area contributed by atoms with Gasteiger partial charge >= 0.3 is 0 Å². The summed E-state index contributed by atoms with van der Waals surface area (Å²) in [5.41, 5.74) is 6.05. The van der Waals surface area contributed by atoms with Crippen molar-refractivity contribution in [2.45, 2.75) is 58.3 Å². The van der Waals surface area contributed by atoms with Crippen LogP contribution in [0.5, 0.6) is 0 Å². The Bertz CT molecular complexity index is 549. The van der Waals surface area contributed by atoms with Crippen molar-refractivity contribution < 1.29 is 19.1 Å². The Morgan fingerprint density at radius 2 is 1.52 bits per heavy atom. The number of amides is 2. The predicted molar refractivity (Wildman–Crippen MR) is 108 cm³/mol. The van der Waals surface area contributed by atoms with Crippen LogP contribution in [0.1, 0.15) is 68.6 Å². The Labute approximate surface area is 162 Å². The summed E-state index contributed by atoms with van der Waals surface area (Å²) in [6.07, 6.45) is 8.08. The van der Waals surface area contributed by atoms with Crippen LogP contribution in [0.3, 0.4) is 0 Å². The molecule has 1 aromatic rings. The number of carbonyl (C=O) groups is 2. The van der Waals surface area contributed by atoms with Crippen molar-refractivity contribution in [1.82, 2.24) is 0 Å². The summed E-state index contributed by atoms with van der Waals surface area (Å²) in [5.74, 6) is -0.712. The molecule has 2 amide bonds. The number of benzene rings is 1. The average Bonchev–Trinajstić information content (AvgIpc) is 2.65. The lowest BCUT2D eigenvalue weighted by Crippen LogP contribution is -2.18. The molecule has 152 valence electrons. The third-order valence-electron chi connectivity index (χ3n) is 4.13. The zero-order chi connectivity index (χ0) is 19.7. The van der Waals surface area contributed by atoms with Crippen LogP contribution >= 0.6 is 0 Å². The molecule has 27 heavy (non-hydrogen) atoms. The molecule has 0 atom stereocenters. The van der Waals surface area contributed by atoms with Crippen molar-refractivity contribution in [3.05, 3.63) is 29.8 Å². The zero-order valence-corrected chi connectivity index (χ0v) is 16.5. The van der Waals surface area contributed by atoms with Gasteiger partial charge in [0.05, 0.1) is 11.3 Å². The molecule has 0 saturated carbocycles. The molecule has 0 aliphatic rings. The van der Waals surface area contributed by atoms with Crippen molar-refractivity contribution in [3.8, 4) is 0 Å². The highest BCUT2D eigenvalue weighted by Gasteiger charge is 2.09. The molecule has 3 N–H and O–H groups in total. The van der Waals surface area contributed by atoms with Crippen molar-refractivity contribution in [2.75, 3.05) is 31.7 Å². The summed E-state index contributed by atoms with van der Waals surface area (Å²) < 4.78 is 11.1. The number of unbranched alkanes of at least 4 members (excludes halogenated alkanes) is 4. The Morgan fingerprint density at radius 3 is 2.22 bits per heavy atom. The van der Waals surface area contributed by atoms with Crippen molar-refractivity contribution in [2.24, 2.45) is 5.73 Å². The van der Waals surface area contributed by atoms with E-state index in [0.717, 1.165) is 26.1 Å². The number of anilines is 1. The highest BCUT2D eigenvalue weighted by atomic mass is 16.5. The molecule has 0 spiro atoms. The maximum Gasteiger partial charge on any atom is 0.250 e. The number of rotatable bonds is 16. The minimum atomic E-state index is -0.558. The number of para-hydroxylation sites is 1. The third-order valence-corrected chi connectivity index (χ3v) is 4.13. The molecule has 0 aromatic heterocycles. The Kier molecular flexibility index (Phi) is 13.0. The number of carbonyl (C=O) groups excluding carboxylic acids is 2. The van der Waals surface area contributed by atoms with Crippen molar-refractivity contribution >= 4 is 17.5 Å². The number of nitrogens with one attached hydrogen (secondary N) is 1. The van der Waals surface area contributed by atoms with Gasteiger partial charge in [-0.15, -0.1) is 0 Å². The first-order valence-electron chi connectivity index (χ1n) is 9.99. The van der Waals surface area contributed by atoms with Crippen molar-refractivity contribution in [3.63, 3.8) is 0 Å². The van der Waals surface area contributed by atoms with E-state index >= 15 is 0 Å². The van der Waals surface area contributed by atoms with Crippen LogP contribution < -0.4 is 11.1 Å². The number of ether oxygens (including phenoxy) is 2. The van der Waals surface area contributed by atoms with Gasteiger partial charge < -0.3 is 20.5 Å². The van der Waals surface area contributed by atoms with Gasteiger partial charge in [-0.3, -0.25) is 9.59 Å². The minimum Gasteiger partial charge on any atom is -0.381 e. The van der Waals surface area contributed by atoms with E-state index in [2.05, 4.69) is 12.2 Å². The van der Waals surface area contributed by atoms with Gasteiger partial charge in [0.1, 0.15) is 0 Å². The monoisotopic (exact) mass is 378 g/mol. The van der Waals surface area contributed by atoms with Crippen LogP contribution in [0.15, 0.2) is 24.3 Å². The maximum atomic E-state index is 11.9. The molecule has 0 bridgehead atoms. The maximum absolute atomic E-state index is 11.9. The zero-order valence-electron chi connectivity index (χ0n) is 16.5. The Hall–Kier alpha value is -1.92.